The van der Waals surface area contributed by atoms with E-state index < -0.39 is 6.03 Å². The zero-order valence-electron chi connectivity index (χ0n) is 7.47. The zero-order valence-corrected chi connectivity index (χ0v) is 8.37. The first kappa shape index (κ1) is 10.6. The lowest BCUT2D eigenvalue weighted by molar-refractivity contribution is 0.249. The fourth-order valence-corrected chi connectivity index (χ4v) is 1.20. The van der Waals surface area contributed by atoms with Crippen LogP contribution in [0.2, 0.25) is 0 Å². The van der Waals surface area contributed by atoms with Crippen LogP contribution < -0.4 is 11.2 Å². The van der Waals surface area contributed by atoms with Crippen LogP contribution in [0, 0.1) is 0 Å². The lowest BCUT2D eigenvalue weighted by Crippen LogP contribution is -2.26. The summed E-state index contributed by atoms with van der Waals surface area (Å²) in [5, 5.41) is 3.83. The minimum Gasteiger partial charge on any atom is -0.350 e. The molecule has 14 heavy (non-hydrogen) atoms. The number of nitrogens with zero attached hydrogens (tertiary/aromatic N) is 1. The van der Waals surface area contributed by atoms with Gasteiger partial charge in [0.15, 0.2) is 0 Å². The number of benzene rings is 1. The van der Waals surface area contributed by atoms with Crippen molar-refractivity contribution in [3.63, 3.8) is 0 Å². The van der Waals surface area contributed by atoms with Crippen molar-refractivity contribution in [3.05, 3.63) is 35.9 Å². The van der Waals surface area contributed by atoms with Crippen LogP contribution in [0.1, 0.15) is 5.56 Å². The highest BCUT2D eigenvalue weighted by atomic mass is 32.1. The van der Waals surface area contributed by atoms with Gasteiger partial charge in [-0.15, -0.1) is 0 Å². The van der Waals surface area contributed by atoms with Gasteiger partial charge in [-0.1, -0.05) is 30.3 Å². The van der Waals surface area contributed by atoms with Crippen LogP contribution in [0.5, 0.6) is 0 Å². The average Bonchev–Trinajstić information content (AvgIpc) is 2.20. The SMILES string of the molecule is NC(=O)N/N=C(/CS)c1ccccc1. The van der Waals surface area contributed by atoms with Crippen LogP contribution in [-0.2, 0) is 0 Å². The standard InChI is InChI=1S/C9H11N3OS/c10-9(13)12-11-8(6-14)7-4-2-1-3-5-7/h1-5,14H,6H2,(H3,10,12,13)/b11-8-. The number of carbonyl (C=O) groups is 1. The Kier molecular flexibility index (Phi) is 4.00. The summed E-state index contributed by atoms with van der Waals surface area (Å²) in [6.45, 7) is 0. The Hall–Kier alpha value is -1.49. The molecule has 0 bridgehead atoms. The maximum Gasteiger partial charge on any atom is 0.332 e. The highest BCUT2D eigenvalue weighted by molar-refractivity contribution is 7.81. The van der Waals surface area contributed by atoms with Gasteiger partial charge in [-0.25, -0.2) is 10.2 Å². The molecule has 0 unspecified atom stereocenters. The molecule has 0 heterocycles. The van der Waals surface area contributed by atoms with Gasteiger partial charge in [-0.3, -0.25) is 0 Å². The van der Waals surface area contributed by atoms with Gasteiger partial charge in [0.2, 0.25) is 0 Å². The molecule has 3 N–H and O–H groups in total. The molecule has 1 aromatic rings. The van der Waals surface area contributed by atoms with E-state index >= 15 is 0 Å². The molecule has 1 aromatic carbocycles. The van der Waals surface area contributed by atoms with Crippen molar-refractivity contribution in [2.75, 3.05) is 5.75 Å². The second kappa shape index (κ2) is 5.29. The molecule has 0 aliphatic carbocycles. The van der Waals surface area contributed by atoms with E-state index in [1.54, 1.807) is 0 Å². The lowest BCUT2D eigenvalue weighted by atomic mass is 10.1. The van der Waals surface area contributed by atoms with Gasteiger partial charge in [0.05, 0.1) is 5.71 Å². The van der Waals surface area contributed by atoms with Crippen LogP contribution >= 0.6 is 12.6 Å². The van der Waals surface area contributed by atoms with E-state index in [1.165, 1.54) is 0 Å². The van der Waals surface area contributed by atoms with Crippen LogP contribution in [0.4, 0.5) is 4.79 Å². The number of nitrogens with one attached hydrogen (secondary N) is 1. The number of hydrogen-bond acceptors (Lipinski definition) is 3. The van der Waals surface area contributed by atoms with Crippen molar-refractivity contribution < 1.29 is 4.79 Å². The Bertz CT molecular complexity index is 337. The summed E-state index contributed by atoms with van der Waals surface area (Å²) in [6.07, 6.45) is 0. The summed E-state index contributed by atoms with van der Waals surface area (Å²) in [5.41, 5.74) is 8.65. The summed E-state index contributed by atoms with van der Waals surface area (Å²) in [6, 6.07) is 8.77. The van der Waals surface area contributed by atoms with Gasteiger partial charge in [-0.2, -0.15) is 17.7 Å². The quantitative estimate of drug-likeness (QED) is 0.388. The van der Waals surface area contributed by atoms with Crippen LogP contribution in [0.15, 0.2) is 35.4 Å². The van der Waals surface area contributed by atoms with Gasteiger partial charge in [0.25, 0.3) is 0 Å². The Morgan fingerprint density at radius 1 is 1.43 bits per heavy atom. The summed E-state index contributed by atoms with van der Waals surface area (Å²) in [4.78, 5) is 10.4. The number of thiol groups is 1. The Morgan fingerprint density at radius 3 is 2.57 bits per heavy atom. The normalized spacial score (nSPS) is 11.1. The number of nitrogens with two attached hydrogens (primary N) is 1. The number of urea groups is 1. The van der Waals surface area contributed by atoms with E-state index in [-0.39, 0.29) is 0 Å². The van der Waals surface area contributed by atoms with Crippen molar-refractivity contribution in [2.24, 2.45) is 10.8 Å². The van der Waals surface area contributed by atoms with E-state index in [0.29, 0.717) is 11.5 Å². The molecule has 0 radical (unpaired) electrons. The molecule has 1 rings (SSSR count). The van der Waals surface area contributed by atoms with Crippen LogP contribution in [0.25, 0.3) is 0 Å². The van der Waals surface area contributed by atoms with Gasteiger partial charge in [0, 0.05) is 5.75 Å². The smallest absolute Gasteiger partial charge is 0.332 e. The molecule has 5 heteroatoms. The zero-order chi connectivity index (χ0) is 10.4. The number of hydrazone groups is 1. The molecule has 74 valence electrons. The van der Waals surface area contributed by atoms with Gasteiger partial charge < -0.3 is 5.73 Å². The van der Waals surface area contributed by atoms with Crippen molar-refractivity contribution in [2.45, 2.75) is 0 Å². The highest BCUT2D eigenvalue weighted by Crippen LogP contribution is 2.01. The fraction of sp³-hybridized carbons (Fsp3) is 0.111. The molecule has 0 spiro atoms. The number of rotatable bonds is 3. The molecule has 0 saturated carbocycles. The summed E-state index contributed by atoms with van der Waals surface area (Å²) < 4.78 is 0. The predicted octanol–water partition coefficient (Wildman–Crippen LogP) is 0.989. The third-order valence-corrected chi connectivity index (χ3v) is 1.86. The molecular formula is C9H11N3OS. The first-order valence-electron chi connectivity index (χ1n) is 4.02. The van der Waals surface area contributed by atoms with Crippen molar-refractivity contribution in [1.29, 1.82) is 0 Å². The first-order chi connectivity index (χ1) is 6.74. The second-order valence-electron chi connectivity index (χ2n) is 2.56. The van der Waals surface area contributed by atoms with Gasteiger partial charge in [0.1, 0.15) is 0 Å². The number of primary amides is 1. The fourth-order valence-electron chi connectivity index (χ4n) is 0.944. The van der Waals surface area contributed by atoms with Gasteiger partial charge in [-0.05, 0) is 5.56 Å². The molecule has 2 amide bonds. The minimum absolute atomic E-state index is 0.435. The molecular weight excluding hydrogens is 198 g/mol. The molecule has 0 atom stereocenters. The molecule has 0 saturated heterocycles. The monoisotopic (exact) mass is 209 g/mol. The highest BCUT2D eigenvalue weighted by Gasteiger charge is 2.00. The number of hydrogen-bond donors (Lipinski definition) is 3. The van der Waals surface area contributed by atoms with E-state index in [9.17, 15) is 4.79 Å². The Balaban J connectivity index is 2.82. The average molecular weight is 209 g/mol. The Labute approximate surface area is 87.6 Å². The van der Waals surface area contributed by atoms with Crippen molar-refractivity contribution >= 4 is 24.4 Å². The minimum atomic E-state index is -0.680. The van der Waals surface area contributed by atoms with Gasteiger partial charge >= 0.3 is 6.03 Å². The van der Waals surface area contributed by atoms with E-state index in [0.717, 1.165) is 5.56 Å². The topological polar surface area (TPSA) is 67.5 Å². The number of carbonyl (C=O) groups excluding carboxylic acids is 1. The summed E-state index contributed by atoms with van der Waals surface area (Å²) >= 11 is 4.11. The molecule has 0 fully saturated rings. The maximum atomic E-state index is 10.4. The van der Waals surface area contributed by atoms with Crippen LogP contribution in [-0.4, -0.2) is 17.5 Å². The largest absolute Gasteiger partial charge is 0.350 e. The third kappa shape index (κ3) is 3.10. The number of amides is 2. The molecule has 4 nitrogen and oxygen atoms in total. The maximum absolute atomic E-state index is 10.4. The Morgan fingerprint density at radius 2 is 2.07 bits per heavy atom. The predicted molar refractivity (Wildman–Crippen MR) is 59.6 cm³/mol. The van der Waals surface area contributed by atoms with Crippen molar-refractivity contribution in [1.82, 2.24) is 5.43 Å². The molecule has 0 aliphatic heterocycles. The summed E-state index contributed by atoms with van der Waals surface area (Å²) in [7, 11) is 0. The van der Waals surface area contributed by atoms with Crippen molar-refractivity contribution in [3.8, 4) is 0 Å². The van der Waals surface area contributed by atoms with Crippen LogP contribution in [0.3, 0.4) is 0 Å². The molecule has 0 aliphatic rings. The molecule has 0 aromatic heterocycles. The third-order valence-electron chi connectivity index (χ3n) is 1.56. The van der Waals surface area contributed by atoms with E-state index in [1.807, 2.05) is 30.3 Å². The summed E-state index contributed by atoms with van der Waals surface area (Å²) in [5.74, 6) is 0.435. The van der Waals surface area contributed by atoms with E-state index in [4.69, 9.17) is 5.73 Å². The lowest BCUT2D eigenvalue weighted by Gasteiger charge is -2.02. The first-order valence-corrected chi connectivity index (χ1v) is 4.65. The van der Waals surface area contributed by atoms with E-state index in [2.05, 4.69) is 23.2 Å². The second-order valence-corrected chi connectivity index (χ2v) is 2.87.